The van der Waals surface area contributed by atoms with Gasteiger partial charge in [-0.2, -0.15) is 0 Å². The molecule has 0 N–H and O–H groups in total. The quantitative estimate of drug-likeness (QED) is 0.831. The molecule has 5 heteroatoms. The largest absolute Gasteiger partial charge is 0.497 e. The molecule has 2 aliphatic rings. The lowest BCUT2D eigenvalue weighted by atomic mass is 9.87. The van der Waals surface area contributed by atoms with Gasteiger partial charge in [-0.25, -0.2) is 0 Å². The summed E-state index contributed by atoms with van der Waals surface area (Å²) >= 11 is 0. The van der Waals surface area contributed by atoms with E-state index in [2.05, 4.69) is 0 Å². The lowest BCUT2D eigenvalue weighted by Crippen LogP contribution is -2.53. The predicted octanol–water partition coefficient (Wildman–Crippen LogP) is 1.66. The van der Waals surface area contributed by atoms with Crippen LogP contribution < -0.4 is 4.74 Å². The van der Waals surface area contributed by atoms with Gasteiger partial charge in [0.2, 0.25) is 0 Å². The van der Waals surface area contributed by atoms with Gasteiger partial charge in [0.05, 0.1) is 13.7 Å². The Morgan fingerprint density at radius 1 is 1.29 bits per heavy atom. The Morgan fingerprint density at radius 3 is 2.62 bits per heavy atom. The first-order valence-electron chi connectivity index (χ1n) is 7.25. The maximum atomic E-state index is 12.4. The molecule has 112 valence electrons. The Morgan fingerprint density at radius 2 is 2.05 bits per heavy atom. The van der Waals surface area contributed by atoms with Crippen LogP contribution in [0.15, 0.2) is 24.3 Å². The average molecular weight is 289 g/mol. The number of hydrogen-bond acceptors (Lipinski definition) is 4. The molecule has 2 saturated heterocycles. The van der Waals surface area contributed by atoms with E-state index in [1.54, 1.807) is 36.3 Å². The van der Waals surface area contributed by atoms with Gasteiger partial charge in [0, 0.05) is 25.1 Å². The topological polar surface area (TPSA) is 55.8 Å². The molecular formula is C16H19NO4. The molecule has 0 radical (unpaired) electrons. The van der Waals surface area contributed by atoms with Crippen LogP contribution in [0.4, 0.5) is 0 Å². The molecule has 1 amide bonds. The first-order chi connectivity index (χ1) is 10.1. The number of methoxy groups -OCH3 is 1. The summed E-state index contributed by atoms with van der Waals surface area (Å²) in [4.78, 5) is 26.4. The smallest absolute Gasteiger partial charge is 0.254 e. The van der Waals surface area contributed by atoms with Crippen LogP contribution in [0.1, 0.15) is 29.6 Å². The monoisotopic (exact) mass is 289 g/mol. The van der Waals surface area contributed by atoms with Gasteiger partial charge in [-0.3, -0.25) is 9.59 Å². The van der Waals surface area contributed by atoms with Crippen molar-refractivity contribution in [2.45, 2.75) is 24.9 Å². The summed E-state index contributed by atoms with van der Waals surface area (Å²) in [5, 5.41) is 0. The second-order valence-electron chi connectivity index (χ2n) is 5.57. The highest BCUT2D eigenvalue weighted by Crippen LogP contribution is 2.33. The van der Waals surface area contributed by atoms with Crippen molar-refractivity contribution in [3.8, 4) is 5.75 Å². The molecule has 0 saturated carbocycles. The minimum atomic E-state index is -0.614. The van der Waals surface area contributed by atoms with E-state index in [-0.39, 0.29) is 18.2 Å². The van der Waals surface area contributed by atoms with Crippen LogP contribution in [0.2, 0.25) is 0 Å². The molecule has 2 heterocycles. The molecular weight excluding hydrogens is 270 g/mol. The van der Waals surface area contributed by atoms with Crippen molar-refractivity contribution in [2.24, 2.45) is 0 Å². The van der Waals surface area contributed by atoms with Crippen LogP contribution >= 0.6 is 0 Å². The number of piperidine rings is 1. The predicted molar refractivity (Wildman–Crippen MR) is 76.4 cm³/mol. The third-order valence-electron chi connectivity index (χ3n) is 4.36. The molecule has 0 bridgehead atoms. The van der Waals surface area contributed by atoms with E-state index in [1.807, 2.05) is 0 Å². The zero-order valence-electron chi connectivity index (χ0n) is 12.1. The molecule has 0 aromatic heterocycles. The summed E-state index contributed by atoms with van der Waals surface area (Å²) < 4.78 is 10.7. The number of carbonyl (C=O) groups excluding carboxylic acids is 2. The zero-order valence-corrected chi connectivity index (χ0v) is 12.1. The molecule has 1 aromatic rings. The summed E-state index contributed by atoms with van der Waals surface area (Å²) in [7, 11) is 1.58. The maximum absolute atomic E-state index is 12.4. The first kappa shape index (κ1) is 14.1. The van der Waals surface area contributed by atoms with Gasteiger partial charge in [-0.1, -0.05) is 0 Å². The van der Waals surface area contributed by atoms with Gasteiger partial charge in [0.1, 0.15) is 11.4 Å². The van der Waals surface area contributed by atoms with Crippen molar-refractivity contribution in [3.05, 3.63) is 29.8 Å². The minimum absolute atomic E-state index is 0.0353. The first-order valence-corrected chi connectivity index (χ1v) is 7.25. The molecule has 5 nitrogen and oxygen atoms in total. The fourth-order valence-electron chi connectivity index (χ4n) is 3.06. The average Bonchev–Trinajstić information content (AvgIpc) is 2.99. The molecule has 1 spiro atoms. The Labute approximate surface area is 123 Å². The molecule has 2 aliphatic heterocycles. The number of hydrogen-bond donors (Lipinski definition) is 0. The molecule has 3 rings (SSSR count). The maximum Gasteiger partial charge on any atom is 0.254 e. The van der Waals surface area contributed by atoms with Gasteiger partial charge < -0.3 is 14.4 Å². The van der Waals surface area contributed by atoms with Gasteiger partial charge in [-0.05, 0) is 37.1 Å². The van der Waals surface area contributed by atoms with Gasteiger partial charge >= 0.3 is 0 Å². The molecule has 21 heavy (non-hydrogen) atoms. The summed E-state index contributed by atoms with van der Waals surface area (Å²) in [6.07, 6.45) is 2.32. The van der Waals surface area contributed by atoms with Crippen LogP contribution in [-0.4, -0.2) is 49.0 Å². The molecule has 1 atom stereocenters. The summed E-state index contributed by atoms with van der Waals surface area (Å²) in [6, 6.07) is 6.95. The van der Waals surface area contributed by atoms with Crippen molar-refractivity contribution in [1.29, 1.82) is 0 Å². The van der Waals surface area contributed by atoms with E-state index in [9.17, 15) is 9.59 Å². The van der Waals surface area contributed by atoms with Gasteiger partial charge in [-0.15, -0.1) is 0 Å². The SMILES string of the molecule is COc1ccc(C(=O)N2CC[C@]3(CCCO3)C(=O)C2)cc1. The van der Waals surface area contributed by atoms with E-state index in [4.69, 9.17) is 9.47 Å². The number of ether oxygens (including phenoxy) is 2. The molecule has 1 aromatic carbocycles. The minimum Gasteiger partial charge on any atom is -0.497 e. The van der Waals surface area contributed by atoms with Crippen LogP contribution in [-0.2, 0) is 9.53 Å². The van der Waals surface area contributed by atoms with Crippen LogP contribution in [0, 0.1) is 0 Å². The van der Waals surface area contributed by atoms with Crippen molar-refractivity contribution in [2.75, 3.05) is 26.8 Å². The standard InChI is InChI=1S/C16H19NO4/c1-20-13-5-3-12(4-6-13)15(19)17-9-8-16(14(18)11-17)7-2-10-21-16/h3-6H,2,7-11H2,1H3/t16-/m1/s1. The van der Waals surface area contributed by atoms with Crippen molar-refractivity contribution < 1.29 is 19.1 Å². The van der Waals surface area contributed by atoms with E-state index in [0.29, 0.717) is 30.9 Å². The lowest BCUT2D eigenvalue weighted by Gasteiger charge is -2.37. The Hall–Kier alpha value is -1.88. The summed E-state index contributed by atoms with van der Waals surface area (Å²) in [6.45, 7) is 1.36. The highest BCUT2D eigenvalue weighted by atomic mass is 16.5. The molecule has 2 fully saturated rings. The third kappa shape index (κ3) is 2.53. The van der Waals surface area contributed by atoms with E-state index >= 15 is 0 Å². The number of Topliss-reactive ketones (excluding diaryl/α,β-unsaturated/α-hetero) is 1. The van der Waals surface area contributed by atoms with Gasteiger partial charge in [0.15, 0.2) is 5.78 Å². The van der Waals surface area contributed by atoms with E-state index in [0.717, 1.165) is 12.8 Å². The number of nitrogens with zero attached hydrogens (tertiary/aromatic N) is 1. The number of benzene rings is 1. The zero-order chi connectivity index (χ0) is 14.9. The van der Waals surface area contributed by atoms with Crippen molar-refractivity contribution in [1.82, 2.24) is 4.90 Å². The van der Waals surface area contributed by atoms with Gasteiger partial charge in [0.25, 0.3) is 5.91 Å². The Kier molecular flexibility index (Phi) is 3.68. The Bertz CT molecular complexity index is 546. The second-order valence-corrected chi connectivity index (χ2v) is 5.57. The number of rotatable bonds is 2. The molecule has 0 aliphatic carbocycles. The van der Waals surface area contributed by atoms with E-state index < -0.39 is 5.60 Å². The number of carbonyl (C=O) groups is 2. The fourth-order valence-corrected chi connectivity index (χ4v) is 3.06. The fraction of sp³-hybridized carbons (Fsp3) is 0.500. The second kappa shape index (κ2) is 5.48. The highest BCUT2D eigenvalue weighted by Gasteiger charge is 2.46. The molecule has 0 unspecified atom stereocenters. The normalized spacial score (nSPS) is 25.4. The number of ketones is 1. The van der Waals surface area contributed by atoms with E-state index in [1.165, 1.54) is 0 Å². The Balaban J connectivity index is 1.70. The summed E-state index contributed by atoms with van der Waals surface area (Å²) in [5.41, 5.74) is -0.0386. The highest BCUT2D eigenvalue weighted by molar-refractivity contribution is 5.99. The lowest BCUT2D eigenvalue weighted by molar-refractivity contribution is -0.144. The number of likely N-dealkylation sites (tertiary alicyclic amines) is 1. The van der Waals surface area contributed by atoms with Crippen molar-refractivity contribution in [3.63, 3.8) is 0 Å². The van der Waals surface area contributed by atoms with Crippen LogP contribution in [0.3, 0.4) is 0 Å². The summed E-state index contributed by atoms with van der Waals surface area (Å²) in [5.74, 6) is 0.631. The van der Waals surface area contributed by atoms with Crippen LogP contribution in [0.25, 0.3) is 0 Å². The number of amides is 1. The van der Waals surface area contributed by atoms with Crippen molar-refractivity contribution >= 4 is 11.7 Å². The third-order valence-corrected chi connectivity index (χ3v) is 4.36. The van der Waals surface area contributed by atoms with Crippen LogP contribution in [0.5, 0.6) is 5.75 Å².